The summed E-state index contributed by atoms with van der Waals surface area (Å²) in [7, 11) is 4.13. The van der Waals surface area contributed by atoms with Gasteiger partial charge in [-0.3, -0.25) is 4.99 Å². The van der Waals surface area contributed by atoms with Crippen LogP contribution in [0.2, 0.25) is 0 Å². The highest BCUT2D eigenvalue weighted by molar-refractivity contribution is 7.09. The molecule has 0 radical (unpaired) electrons. The molecule has 0 saturated carbocycles. The molecule has 0 bridgehead atoms. The Morgan fingerprint density at radius 3 is 2.65 bits per heavy atom. The topological polar surface area (TPSA) is 52.3 Å². The highest BCUT2D eigenvalue weighted by atomic mass is 32.1. The minimum atomic E-state index is -0.353. The number of nitrogens with zero attached hydrogens (tertiary/aromatic N) is 4. The molecule has 1 aromatic carbocycles. The van der Waals surface area contributed by atoms with Crippen LogP contribution in [0.25, 0.3) is 0 Å². The van der Waals surface area contributed by atoms with Gasteiger partial charge in [0.15, 0.2) is 0 Å². The molecule has 0 unspecified atom stereocenters. The number of hydrogen-bond donors (Lipinski definition) is 0. The summed E-state index contributed by atoms with van der Waals surface area (Å²) in [5, 5.41) is 12.1. The van der Waals surface area contributed by atoms with Gasteiger partial charge in [-0.05, 0) is 33.0 Å². The fraction of sp³-hybridized carbons (Fsp3) is 0.389. The Morgan fingerprint density at radius 1 is 1.35 bits per heavy atom. The number of nitriles is 1. The van der Waals surface area contributed by atoms with E-state index in [4.69, 9.17) is 0 Å². The monoisotopic (exact) mass is 326 g/mol. The molecule has 5 heteroatoms. The summed E-state index contributed by atoms with van der Waals surface area (Å²) in [4.78, 5) is 11.1. The van der Waals surface area contributed by atoms with E-state index in [2.05, 4.69) is 59.3 Å². The lowest BCUT2D eigenvalue weighted by Crippen LogP contribution is -2.32. The predicted molar refractivity (Wildman–Crippen MR) is 96.2 cm³/mol. The molecule has 2 aromatic rings. The van der Waals surface area contributed by atoms with Gasteiger partial charge in [-0.15, -0.1) is 11.3 Å². The lowest BCUT2D eigenvalue weighted by molar-refractivity contribution is 0.298. The largest absolute Gasteiger partial charge is 0.304 e. The quantitative estimate of drug-likeness (QED) is 0.734. The van der Waals surface area contributed by atoms with Crippen molar-refractivity contribution in [1.82, 2.24) is 9.88 Å². The highest BCUT2D eigenvalue weighted by Gasteiger charge is 2.14. The maximum absolute atomic E-state index is 9.31. The van der Waals surface area contributed by atoms with E-state index in [9.17, 15) is 5.26 Å². The zero-order valence-corrected chi connectivity index (χ0v) is 14.6. The van der Waals surface area contributed by atoms with E-state index in [1.807, 2.05) is 18.4 Å². The Bertz CT molecular complexity index is 670. The van der Waals surface area contributed by atoms with Crippen LogP contribution in [0, 0.1) is 18.3 Å². The standard InChI is InChI=1S/C18H22N4S/c1-14-13-23-18(21-14)16(10-19)11-20-12-17(22(2)3)9-15-7-5-4-6-8-15/h4-8,11,13,16-17H,9,12H2,1-3H3/t16-,17-/m1/s1. The fourth-order valence-corrected chi connectivity index (χ4v) is 3.05. The lowest BCUT2D eigenvalue weighted by Gasteiger charge is -2.22. The Kier molecular flexibility index (Phi) is 6.45. The first-order chi connectivity index (χ1) is 11.1. The Morgan fingerprint density at radius 2 is 2.09 bits per heavy atom. The summed E-state index contributed by atoms with van der Waals surface area (Å²) in [6, 6.07) is 13.0. The van der Waals surface area contributed by atoms with Gasteiger partial charge in [-0.2, -0.15) is 5.26 Å². The maximum Gasteiger partial charge on any atom is 0.133 e. The molecular formula is C18H22N4S. The number of likely N-dealkylation sites (N-methyl/N-ethyl adjacent to an activating group) is 1. The summed E-state index contributed by atoms with van der Waals surface area (Å²) < 4.78 is 0. The van der Waals surface area contributed by atoms with Gasteiger partial charge in [0.05, 0.1) is 12.6 Å². The fourth-order valence-electron chi connectivity index (χ4n) is 2.25. The number of rotatable bonds is 7. The first-order valence-electron chi connectivity index (χ1n) is 7.62. The Hall–Kier alpha value is -2.03. The smallest absolute Gasteiger partial charge is 0.133 e. The molecule has 2 atom stereocenters. The summed E-state index contributed by atoms with van der Waals surface area (Å²) in [6.07, 6.45) is 2.68. The zero-order valence-electron chi connectivity index (χ0n) is 13.8. The van der Waals surface area contributed by atoms with Crippen molar-refractivity contribution in [3.63, 3.8) is 0 Å². The van der Waals surface area contributed by atoms with E-state index < -0.39 is 0 Å². The SMILES string of the molecule is Cc1csc([C@H](C#N)C=NC[C@@H](Cc2ccccc2)N(C)C)n1. The van der Waals surface area contributed by atoms with Crippen molar-refractivity contribution in [1.29, 1.82) is 5.26 Å². The third kappa shape index (κ3) is 5.27. The van der Waals surface area contributed by atoms with Crippen LogP contribution in [-0.2, 0) is 6.42 Å². The lowest BCUT2D eigenvalue weighted by atomic mass is 10.1. The minimum absolute atomic E-state index is 0.311. The molecule has 0 spiro atoms. The summed E-state index contributed by atoms with van der Waals surface area (Å²) in [6.45, 7) is 2.61. The van der Waals surface area contributed by atoms with Crippen molar-refractivity contribution in [2.75, 3.05) is 20.6 Å². The normalized spacial score (nSPS) is 14.0. The van der Waals surface area contributed by atoms with E-state index in [-0.39, 0.29) is 5.92 Å². The number of aliphatic imine (C=N–C) groups is 1. The van der Waals surface area contributed by atoms with Crippen molar-refractivity contribution in [3.8, 4) is 6.07 Å². The summed E-state index contributed by atoms with van der Waals surface area (Å²) in [5.74, 6) is -0.353. The third-order valence-electron chi connectivity index (χ3n) is 3.66. The van der Waals surface area contributed by atoms with E-state index in [1.165, 1.54) is 16.9 Å². The number of benzene rings is 1. The second kappa shape index (κ2) is 8.56. The van der Waals surface area contributed by atoms with Gasteiger partial charge in [0, 0.05) is 23.3 Å². The van der Waals surface area contributed by atoms with Crippen molar-refractivity contribution in [2.24, 2.45) is 4.99 Å². The van der Waals surface area contributed by atoms with Gasteiger partial charge in [0.1, 0.15) is 10.9 Å². The van der Waals surface area contributed by atoms with Gasteiger partial charge in [-0.25, -0.2) is 4.98 Å². The van der Waals surface area contributed by atoms with E-state index in [1.54, 1.807) is 6.21 Å². The summed E-state index contributed by atoms with van der Waals surface area (Å²) >= 11 is 1.51. The van der Waals surface area contributed by atoms with Crippen LogP contribution in [0.3, 0.4) is 0 Å². The Labute approximate surface area is 142 Å². The molecule has 0 aliphatic carbocycles. The number of aromatic nitrogens is 1. The molecule has 2 rings (SSSR count). The van der Waals surface area contributed by atoms with Crippen LogP contribution >= 0.6 is 11.3 Å². The highest BCUT2D eigenvalue weighted by Crippen LogP contribution is 2.18. The minimum Gasteiger partial charge on any atom is -0.304 e. The van der Waals surface area contributed by atoms with E-state index in [0.717, 1.165) is 17.1 Å². The Balaban J connectivity index is 1.99. The molecule has 0 saturated heterocycles. The maximum atomic E-state index is 9.31. The average molecular weight is 326 g/mol. The van der Waals surface area contributed by atoms with Gasteiger partial charge < -0.3 is 4.90 Å². The second-order valence-corrected chi connectivity index (χ2v) is 6.64. The van der Waals surface area contributed by atoms with Crippen LogP contribution in [0.5, 0.6) is 0 Å². The van der Waals surface area contributed by atoms with E-state index in [0.29, 0.717) is 12.6 Å². The second-order valence-electron chi connectivity index (χ2n) is 5.76. The first-order valence-corrected chi connectivity index (χ1v) is 8.50. The average Bonchev–Trinajstić information content (AvgIpc) is 2.97. The van der Waals surface area contributed by atoms with Crippen molar-refractivity contribution >= 4 is 17.6 Å². The molecule has 4 nitrogen and oxygen atoms in total. The molecule has 120 valence electrons. The molecule has 0 fully saturated rings. The summed E-state index contributed by atoms with van der Waals surface area (Å²) in [5.41, 5.74) is 2.25. The number of aryl methyl sites for hydroxylation is 1. The third-order valence-corrected chi connectivity index (χ3v) is 4.70. The molecule has 0 amide bonds. The molecule has 1 heterocycles. The first kappa shape index (κ1) is 17.3. The molecule has 1 aromatic heterocycles. The van der Waals surface area contributed by atoms with Crippen LogP contribution in [-0.4, -0.2) is 42.8 Å². The zero-order chi connectivity index (χ0) is 16.7. The van der Waals surface area contributed by atoms with Crippen molar-refractivity contribution in [2.45, 2.75) is 25.3 Å². The van der Waals surface area contributed by atoms with Gasteiger partial charge in [0.25, 0.3) is 0 Å². The van der Waals surface area contributed by atoms with Gasteiger partial charge in [0.2, 0.25) is 0 Å². The van der Waals surface area contributed by atoms with Gasteiger partial charge in [-0.1, -0.05) is 30.3 Å². The predicted octanol–water partition coefficient (Wildman–Crippen LogP) is 3.30. The van der Waals surface area contributed by atoms with E-state index >= 15 is 0 Å². The van der Waals surface area contributed by atoms with Crippen LogP contribution in [0.4, 0.5) is 0 Å². The number of thiazole rings is 1. The van der Waals surface area contributed by atoms with Gasteiger partial charge >= 0.3 is 0 Å². The van der Waals surface area contributed by atoms with Crippen molar-refractivity contribution < 1.29 is 0 Å². The molecule has 0 aliphatic heterocycles. The molecule has 0 N–H and O–H groups in total. The molecular weight excluding hydrogens is 304 g/mol. The van der Waals surface area contributed by atoms with Crippen LogP contribution in [0.1, 0.15) is 22.2 Å². The molecule has 23 heavy (non-hydrogen) atoms. The van der Waals surface area contributed by atoms with Crippen LogP contribution < -0.4 is 0 Å². The number of hydrogen-bond acceptors (Lipinski definition) is 5. The molecule has 0 aliphatic rings. The van der Waals surface area contributed by atoms with Crippen LogP contribution in [0.15, 0.2) is 40.7 Å². The van der Waals surface area contributed by atoms with Crippen molar-refractivity contribution in [3.05, 3.63) is 52.0 Å².